The zero-order valence-corrected chi connectivity index (χ0v) is 20.9. The molecule has 0 aliphatic rings. The van der Waals surface area contributed by atoms with Crippen molar-refractivity contribution in [3.8, 4) is 33.4 Å². The second-order valence-electron chi connectivity index (χ2n) is 7.97. The van der Waals surface area contributed by atoms with Crippen LogP contribution >= 0.6 is 11.3 Å². The second-order valence-corrected chi connectivity index (χ2v) is 8.81. The summed E-state index contributed by atoms with van der Waals surface area (Å²) >= 11 is 1.20. The molecule has 0 fully saturated rings. The summed E-state index contributed by atoms with van der Waals surface area (Å²) in [5.74, 6) is 0.691. The van der Waals surface area contributed by atoms with Gasteiger partial charge in [-0.2, -0.15) is 4.68 Å². The lowest BCUT2D eigenvalue weighted by Gasteiger charge is -2.01. The van der Waals surface area contributed by atoms with Gasteiger partial charge in [0.25, 0.3) is 11.4 Å². The number of azo groups is 1. The Kier molecular flexibility index (Phi) is 6.75. The molecule has 5 aromatic rings. The van der Waals surface area contributed by atoms with Gasteiger partial charge in [0.1, 0.15) is 5.75 Å². The van der Waals surface area contributed by atoms with E-state index in [9.17, 15) is 25.0 Å². The number of nitrogens with zero attached hydrogens (tertiary/aromatic N) is 6. The molecule has 194 valence electrons. The summed E-state index contributed by atoms with van der Waals surface area (Å²) in [6, 6.07) is 18.5. The van der Waals surface area contributed by atoms with Crippen LogP contribution in [0.2, 0.25) is 0 Å². The van der Waals surface area contributed by atoms with Gasteiger partial charge in [-0.3, -0.25) is 30.1 Å². The van der Waals surface area contributed by atoms with E-state index in [-0.39, 0.29) is 28.4 Å². The molecule has 3 aromatic carbocycles. The molecule has 0 bridgehead atoms. The summed E-state index contributed by atoms with van der Waals surface area (Å²) in [6.07, 6.45) is 0. The number of non-ortho nitro benzene ring substituents is 1. The van der Waals surface area contributed by atoms with Crippen molar-refractivity contribution in [2.75, 3.05) is 7.11 Å². The number of para-hydroxylation sites is 1. The molecule has 0 amide bonds. The number of nitro benzene ring substituents is 2. The predicted octanol–water partition coefficient (Wildman–Crippen LogP) is 6.20. The topological polar surface area (TPSA) is 171 Å². The number of ether oxygens (including phenoxy) is 1. The fourth-order valence-electron chi connectivity index (χ4n) is 3.68. The molecule has 0 aliphatic carbocycles. The van der Waals surface area contributed by atoms with Crippen LogP contribution in [-0.2, 0) is 0 Å². The molecule has 0 saturated carbocycles. The van der Waals surface area contributed by atoms with Gasteiger partial charge >= 0.3 is 5.56 Å². The molecule has 2 heterocycles. The van der Waals surface area contributed by atoms with E-state index in [4.69, 9.17) is 4.74 Å². The number of thiazole rings is 1. The number of methoxy groups -OCH3 is 1. The first-order valence-corrected chi connectivity index (χ1v) is 12.1. The van der Waals surface area contributed by atoms with Gasteiger partial charge in [0.05, 0.1) is 28.3 Å². The first-order valence-electron chi connectivity index (χ1n) is 11.2. The van der Waals surface area contributed by atoms with Crippen molar-refractivity contribution >= 4 is 34.1 Å². The van der Waals surface area contributed by atoms with Gasteiger partial charge in [-0.1, -0.05) is 12.1 Å². The molecule has 0 radical (unpaired) electrons. The number of aromatic nitrogens is 3. The lowest BCUT2D eigenvalue weighted by Crippen LogP contribution is -2.13. The Hall–Kier alpha value is -5.50. The molecule has 39 heavy (non-hydrogen) atoms. The number of H-pyrrole nitrogens is 1. The van der Waals surface area contributed by atoms with E-state index >= 15 is 0 Å². The third-order valence-electron chi connectivity index (χ3n) is 5.64. The molecule has 2 aromatic heterocycles. The van der Waals surface area contributed by atoms with Crippen LogP contribution in [0, 0.1) is 20.2 Å². The third kappa shape index (κ3) is 5.03. The number of nitrogens with one attached hydrogen (secondary N) is 1. The summed E-state index contributed by atoms with van der Waals surface area (Å²) < 4.78 is 6.37. The number of aromatic amines is 1. The monoisotopic (exact) mass is 543 g/mol. The van der Waals surface area contributed by atoms with Crippen LogP contribution in [0.25, 0.3) is 27.6 Å². The van der Waals surface area contributed by atoms with E-state index in [1.807, 2.05) is 12.1 Å². The van der Waals surface area contributed by atoms with Crippen LogP contribution in [0.1, 0.15) is 0 Å². The first-order chi connectivity index (χ1) is 18.9. The number of rotatable bonds is 8. The minimum absolute atomic E-state index is 0.0414. The lowest BCUT2D eigenvalue weighted by atomic mass is 10.1. The van der Waals surface area contributed by atoms with Crippen molar-refractivity contribution in [3.63, 3.8) is 0 Å². The Morgan fingerprint density at radius 3 is 2.28 bits per heavy atom. The Labute approximate surface area is 223 Å². The highest BCUT2D eigenvalue weighted by atomic mass is 32.1. The average Bonchev–Trinajstić information content (AvgIpc) is 3.57. The minimum Gasteiger partial charge on any atom is -0.497 e. The van der Waals surface area contributed by atoms with Crippen LogP contribution in [-0.4, -0.2) is 31.7 Å². The molecule has 1 N–H and O–H groups in total. The number of hydrogen-bond donors (Lipinski definition) is 1. The average molecular weight is 544 g/mol. The van der Waals surface area contributed by atoms with Crippen molar-refractivity contribution < 1.29 is 14.6 Å². The van der Waals surface area contributed by atoms with Crippen molar-refractivity contribution in [1.29, 1.82) is 0 Å². The zero-order chi connectivity index (χ0) is 27.5. The second kappa shape index (κ2) is 10.5. The SMILES string of the molecule is COc1ccc(-c2csc(-n3[nH]c(-c4ccc([N+](=O)[O-])cc4)c(N=Nc4ccccc4[N+](=O)[O-])c3=O)n2)cc1. The molecule has 0 atom stereocenters. The molecule has 14 heteroatoms. The summed E-state index contributed by atoms with van der Waals surface area (Å²) in [5.41, 5.74) is 0.845. The largest absolute Gasteiger partial charge is 0.497 e. The van der Waals surface area contributed by atoms with Crippen LogP contribution < -0.4 is 10.3 Å². The third-order valence-corrected chi connectivity index (χ3v) is 6.46. The number of hydrogen-bond acceptors (Lipinski definition) is 10. The van der Waals surface area contributed by atoms with Gasteiger partial charge in [0, 0.05) is 34.7 Å². The van der Waals surface area contributed by atoms with Crippen LogP contribution in [0.3, 0.4) is 0 Å². The Bertz CT molecular complexity index is 1770. The van der Waals surface area contributed by atoms with E-state index < -0.39 is 15.4 Å². The van der Waals surface area contributed by atoms with Crippen molar-refractivity contribution in [2.45, 2.75) is 0 Å². The van der Waals surface area contributed by atoms with E-state index in [2.05, 4.69) is 20.3 Å². The highest BCUT2D eigenvalue weighted by Gasteiger charge is 2.21. The number of nitro groups is 2. The highest BCUT2D eigenvalue weighted by molar-refractivity contribution is 7.12. The number of benzene rings is 3. The van der Waals surface area contributed by atoms with Crippen molar-refractivity contribution in [1.82, 2.24) is 14.8 Å². The molecule has 0 spiro atoms. The molecule has 0 unspecified atom stereocenters. The Morgan fingerprint density at radius 1 is 0.923 bits per heavy atom. The molecule has 5 rings (SSSR count). The maximum Gasteiger partial charge on any atom is 0.301 e. The standard InChI is InChI=1S/C25H17N7O6S/c1-38-18-12-8-15(9-13-18)20-14-39-25(26-20)30-24(33)23(28-27-19-4-2-3-5-21(19)32(36)37)22(29-30)16-6-10-17(11-7-16)31(34)35/h2-14,29H,1H3. The quantitative estimate of drug-likeness (QED) is 0.138. The van der Waals surface area contributed by atoms with Gasteiger partial charge in [0.2, 0.25) is 5.13 Å². The predicted molar refractivity (Wildman–Crippen MR) is 143 cm³/mol. The van der Waals surface area contributed by atoms with Crippen LogP contribution in [0.4, 0.5) is 22.7 Å². The van der Waals surface area contributed by atoms with Crippen LogP contribution in [0.5, 0.6) is 5.75 Å². The van der Waals surface area contributed by atoms with E-state index in [0.29, 0.717) is 22.1 Å². The summed E-state index contributed by atoms with van der Waals surface area (Å²) in [7, 11) is 1.57. The van der Waals surface area contributed by atoms with Gasteiger partial charge < -0.3 is 4.74 Å². The normalized spacial score (nSPS) is 11.1. The Balaban J connectivity index is 1.60. The fourth-order valence-corrected chi connectivity index (χ4v) is 4.47. The molecule has 0 aliphatic heterocycles. The minimum atomic E-state index is -0.610. The van der Waals surface area contributed by atoms with Gasteiger partial charge in [-0.15, -0.1) is 21.6 Å². The maximum absolute atomic E-state index is 13.5. The molecular formula is C25H17N7O6S. The van der Waals surface area contributed by atoms with E-state index in [1.165, 1.54) is 58.5 Å². The first kappa shape index (κ1) is 25.2. The van der Waals surface area contributed by atoms with E-state index in [0.717, 1.165) is 5.56 Å². The van der Waals surface area contributed by atoms with Gasteiger partial charge in [0.15, 0.2) is 11.4 Å². The highest BCUT2D eigenvalue weighted by Crippen LogP contribution is 2.33. The summed E-state index contributed by atoms with van der Waals surface area (Å²) in [5, 5.41) is 35.6. The van der Waals surface area contributed by atoms with Crippen LogP contribution in [0.15, 0.2) is 93.2 Å². The fraction of sp³-hybridized carbons (Fsp3) is 0.0400. The summed E-state index contributed by atoms with van der Waals surface area (Å²) in [4.78, 5) is 39.4. The lowest BCUT2D eigenvalue weighted by molar-refractivity contribution is -0.384. The van der Waals surface area contributed by atoms with Gasteiger partial charge in [-0.05, 0) is 42.5 Å². The maximum atomic E-state index is 13.5. The molecule has 0 saturated heterocycles. The summed E-state index contributed by atoms with van der Waals surface area (Å²) in [6.45, 7) is 0. The van der Waals surface area contributed by atoms with Gasteiger partial charge in [-0.25, -0.2) is 4.98 Å². The molecule has 13 nitrogen and oxygen atoms in total. The zero-order valence-electron chi connectivity index (χ0n) is 20.0. The van der Waals surface area contributed by atoms with Crippen molar-refractivity contribution in [2.24, 2.45) is 10.2 Å². The molecular weight excluding hydrogens is 526 g/mol. The van der Waals surface area contributed by atoms with Crippen molar-refractivity contribution in [3.05, 3.63) is 109 Å². The van der Waals surface area contributed by atoms with E-state index in [1.54, 1.807) is 30.7 Å². The Morgan fingerprint density at radius 2 is 1.62 bits per heavy atom. The smallest absolute Gasteiger partial charge is 0.301 e.